The van der Waals surface area contributed by atoms with E-state index >= 15 is 0 Å². The number of rotatable bonds is 3. The van der Waals surface area contributed by atoms with E-state index in [4.69, 9.17) is 5.73 Å². The molecule has 0 amide bonds. The highest BCUT2D eigenvalue weighted by molar-refractivity contribution is 5.79. The number of carbonyl (C=O) groups excluding carboxylic acids is 1. The molecule has 0 aromatic heterocycles. The number of hydrogen-bond donors (Lipinski definition) is 2. The molecule has 1 unspecified atom stereocenters. The Kier molecular flexibility index (Phi) is 2.27. The molecule has 1 aliphatic carbocycles. The van der Waals surface area contributed by atoms with E-state index in [1.165, 1.54) is 6.07 Å². The van der Waals surface area contributed by atoms with Gasteiger partial charge in [0.25, 0.3) is 0 Å². The van der Waals surface area contributed by atoms with E-state index < -0.39 is 0 Å². The van der Waals surface area contributed by atoms with Gasteiger partial charge in [-0.25, -0.2) is 0 Å². The lowest BCUT2D eigenvalue weighted by Crippen LogP contribution is -2.32. The van der Waals surface area contributed by atoms with Crippen molar-refractivity contribution in [3.05, 3.63) is 29.3 Å². The molecule has 1 aromatic carbocycles. The maximum atomic E-state index is 10.9. The van der Waals surface area contributed by atoms with E-state index in [9.17, 15) is 9.90 Å². The monoisotopic (exact) mass is 205 g/mol. The van der Waals surface area contributed by atoms with Gasteiger partial charge in [0.2, 0.25) is 0 Å². The number of benzene rings is 1. The second-order valence-corrected chi connectivity index (χ2v) is 4.33. The highest BCUT2D eigenvalue weighted by atomic mass is 16.3. The Morgan fingerprint density at radius 1 is 1.53 bits per heavy atom. The summed E-state index contributed by atoms with van der Waals surface area (Å²) in [5.74, 6) is 0.197. The van der Waals surface area contributed by atoms with Crippen LogP contribution in [0.1, 0.15) is 35.7 Å². The first kappa shape index (κ1) is 10.2. The van der Waals surface area contributed by atoms with E-state index in [1.54, 1.807) is 12.1 Å². The van der Waals surface area contributed by atoms with Crippen LogP contribution in [0.15, 0.2) is 18.2 Å². The van der Waals surface area contributed by atoms with Crippen molar-refractivity contribution in [2.45, 2.75) is 31.2 Å². The second kappa shape index (κ2) is 3.35. The lowest BCUT2D eigenvalue weighted by Gasteiger charge is -2.21. The third-order valence-electron chi connectivity index (χ3n) is 3.36. The van der Waals surface area contributed by atoms with Crippen molar-refractivity contribution in [2.75, 3.05) is 0 Å². The molecule has 1 aromatic rings. The summed E-state index contributed by atoms with van der Waals surface area (Å²) in [4.78, 5) is 10.9. The highest BCUT2D eigenvalue weighted by Crippen LogP contribution is 2.51. The van der Waals surface area contributed by atoms with Crippen molar-refractivity contribution in [2.24, 2.45) is 5.73 Å². The molecule has 0 bridgehead atoms. The number of aldehydes is 1. The van der Waals surface area contributed by atoms with E-state index in [0.717, 1.165) is 24.7 Å². The van der Waals surface area contributed by atoms with E-state index in [0.29, 0.717) is 5.56 Å². The van der Waals surface area contributed by atoms with Gasteiger partial charge < -0.3 is 10.8 Å². The Bertz CT molecular complexity index is 395. The van der Waals surface area contributed by atoms with Crippen molar-refractivity contribution < 1.29 is 9.90 Å². The first-order chi connectivity index (χ1) is 7.10. The number of carbonyl (C=O) groups is 1. The van der Waals surface area contributed by atoms with Gasteiger partial charge in [0.1, 0.15) is 12.0 Å². The van der Waals surface area contributed by atoms with Crippen LogP contribution in [-0.2, 0) is 5.41 Å². The molecule has 0 aliphatic heterocycles. The lowest BCUT2D eigenvalue weighted by atomic mass is 9.86. The molecule has 80 valence electrons. The fraction of sp³-hybridized carbons (Fsp3) is 0.417. The number of phenols is 1. The zero-order valence-corrected chi connectivity index (χ0v) is 8.73. The molecule has 0 saturated heterocycles. The largest absolute Gasteiger partial charge is 0.508 e. The molecule has 2 rings (SSSR count). The molecular formula is C12H15NO2. The van der Waals surface area contributed by atoms with Gasteiger partial charge in [-0.2, -0.15) is 0 Å². The van der Waals surface area contributed by atoms with Crippen LogP contribution in [0.2, 0.25) is 0 Å². The third kappa shape index (κ3) is 1.53. The Labute approximate surface area is 88.9 Å². The smallest absolute Gasteiger partial charge is 0.150 e. The summed E-state index contributed by atoms with van der Waals surface area (Å²) in [6.07, 6.45) is 2.82. The normalized spacial score (nSPS) is 19.6. The molecule has 3 nitrogen and oxygen atoms in total. The Morgan fingerprint density at radius 2 is 2.20 bits per heavy atom. The first-order valence-electron chi connectivity index (χ1n) is 5.14. The summed E-state index contributed by atoms with van der Waals surface area (Å²) in [5, 5.41) is 9.45. The Morgan fingerprint density at radius 3 is 2.67 bits per heavy atom. The molecule has 1 saturated carbocycles. The van der Waals surface area contributed by atoms with Crippen LogP contribution >= 0.6 is 0 Å². The minimum atomic E-state index is -0.0883. The number of phenolic OH excluding ortho intramolecular Hbond substituents is 1. The van der Waals surface area contributed by atoms with Crippen LogP contribution in [0.3, 0.4) is 0 Å². The lowest BCUT2D eigenvalue weighted by molar-refractivity contribution is 0.112. The minimum absolute atomic E-state index is 0.0120. The average Bonchev–Trinajstić information content (AvgIpc) is 2.98. The van der Waals surface area contributed by atoms with Crippen molar-refractivity contribution in [1.82, 2.24) is 0 Å². The van der Waals surface area contributed by atoms with Crippen LogP contribution in [-0.4, -0.2) is 17.4 Å². The van der Waals surface area contributed by atoms with Crippen LogP contribution in [0, 0.1) is 0 Å². The summed E-state index contributed by atoms with van der Waals surface area (Å²) in [5.41, 5.74) is 7.39. The SMILES string of the molecule is CC(N)C1(c2cc(O)ccc2C=O)CC1. The predicted octanol–water partition coefficient (Wildman–Crippen LogP) is 1.58. The standard InChI is InChI=1S/C12H15NO2/c1-8(13)12(4-5-12)11-6-10(15)3-2-9(11)7-14/h2-3,6-8,15H,4-5,13H2,1H3. The molecule has 1 atom stereocenters. The van der Waals surface area contributed by atoms with Gasteiger partial charge in [-0.1, -0.05) is 0 Å². The number of aromatic hydroxyl groups is 1. The first-order valence-corrected chi connectivity index (χ1v) is 5.14. The second-order valence-electron chi connectivity index (χ2n) is 4.33. The molecule has 3 N–H and O–H groups in total. The molecule has 3 heteroatoms. The summed E-state index contributed by atoms with van der Waals surface area (Å²) >= 11 is 0. The zero-order chi connectivity index (χ0) is 11.1. The molecule has 0 heterocycles. The van der Waals surface area contributed by atoms with E-state index in [1.807, 2.05) is 6.92 Å². The molecular weight excluding hydrogens is 190 g/mol. The van der Waals surface area contributed by atoms with Crippen molar-refractivity contribution in [3.8, 4) is 5.75 Å². The predicted molar refractivity (Wildman–Crippen MR) is 58.1 cm³/mol. The molecule has 1 fully saturated rings. The van der Waals surface area contributed by atoms with Crippen molar-refractivity contribution >= 4 is 6.29 Å². The van der Waals surface area contributed by atoms with Crippen LogP contribution in [0.4, 0.5) is 0 Å². The van der Waals surface area contributed by atoms with Gasteiger partial charge in [0, 0.05) is 17.0 Å². The quantitative estimate of drug-likeness (QED) is 0.736. The Balaban J connectivity index is 2.51. The maximum absolute atomic E-state index is 10.9. The molecule has 0 radical (unpaired) electrons. The van der Waals surface area contributed by atoms with E-state index in [2.05, 4.69) is 0 Å². The zero-order valence-electron chi connectivity index (χ0n) is 8.73. The van der Waals surface area contributed by atoms with Gasteiger partial charge in [-0.15, -0.1) is 0 Å². The van der Waals surface area contributed by atoms with E-state index in [-0.39, 0.29) is 17.2 Å². The van der Waals surface area contributed by atoms with Crippen molar-refractivity contribution in [1.29, 1.82) is 0 Å². The van der Waals surface area contributed by atoms with Crippen LogP contribution in [0.25, 0.3) is 0 Å². The fourth-order valence-corrected chi connectivity index (χ4v) is 2.18. The summed E-state index contributed by atoms with van der Waals surface area (Å²) in [6.45, 7) is 1.95. The van der Waals surface area contributed by atoms with Gasteiger partial charge in [0.15, 0.2) is 0 Å². The van der Waals surface area contributed by atoms with Crippen LogP contribution < -0.4 is 5.73 Å². The number of hydrogen-bond acceptors (Lipinski definition) is 3. The molecule has 15 heavy (non-hydrogen) atoms. The molecule has 0 spiro atoms. The van der Waals surface area contributed by atoms with Gasteiger partial charge in [0.05, 0.1) is 0 Å². The summed E-state index contributed by atoms with van der Waals surface area (Å²) in [7, 11) is 0. The third-order valence-corrected chi connectivity index (χ3v) is 3.36. The van der Waals surface area contributed by atoms with Crippen molar-refractivity contribution in [3.63, 3.8) is 0 Å². The van der Waals surface area contributed by atoms with Gasteiger partial charge >= 0.3 is 0 Å². The summed E-state index contributed by atoms with van der Waals surface area (Å²) in [6, 6.07) is 4.86. The van der Waals surface area contributed by atoms with Crippen LogP contribution in [0.5, 0.6) is 5.75 Å². The van der Waals surface area contributed by atoms with Gasteiger partial charge in [-0.3, -0.25) is 4.79 Å². The van der Waals surface area contributed by atoms with Gasteiger partial charge in [-0.05, 0) is 43.5 Å². The Hall–Kier alpha value is -1.35. The molecule has 1 aliphatic rings. The summed E-state index contributed by atoms with van der Waals surface area (Å²) < 4.78 is 0. The maximum Gasteiger partial charge on any atom is 0.150 e. The highest BCUT2D eigenvalue weighted by Gasteiger charge is 2.48. The minimum Gasteiger partial charge on any atom is -0.508 e. The average molecular weight is 205 g/mol. The number of nitrogens with two attached hydrogens (primary N) is 1. The fourth-order valence-electron chi connectivity index (χ4n) is 2.18. The topological polar surface area (TPSA) is 63.3 Å².